The van der Waals surface area contributed by atoms with Crippen LogP contribution in [0.1, 0.15) is 36.8 Å². The van der Waals surface area contributed by atoms with Crippen LogP contribution in [0.5, 0.6) is 5.75 Å². The molecule has 2 saturated heterocycles. The van der Waals surface area contributed by atoms with Crippen LogP contribution >= 0.6 is 0 Å². The Morgan fingerprint density at radius 1 is 1.14 bits per heavy atom. The molecular weight excluding hydrogens is 355 g/mol. The summed E-state index contributed by atoms with van der Waals surface area (Å²) in [6, 6.07) is 15.5. The van der Waals surface area contributed by atoms with E-state index in [0.29, 0.717) is 0 Å². The molecule has 0 unspecified atom stereocenters. The largest absolute Gasteiger partial charge is 0.497 e. The number of hydrogen-bond acceptors (Lipinski definition) is 3. The Morgan fingerprint density at radius 3 is 2.50 bits per heavy atom. The quantitative estimate of drug-likeness (QED) is 0.806. The number of likely N-dealkylation sites (tertiary alicyclic amines) is 2. The highest BCUT2D eigenvalue weighted by atomic mass is 19.1. The molecular formula is C23H27FN2O2. The van der Waals surface area contributed by atoms with Crippen LogP contribution in [-0.4, -0.2) is 48.0 Å². The first-order chi connectivity index (χ1) is 13.6. The molecule has 0 saturated carbocycles. The number of amides is 1. The summed E-state index contributed by atoms with van der Waals surface area (Å²) >= 11 is 0. The maximum absolute atomic E-state index is 13.3. The summed E-state index contributed by atoms with van der Waals surface area (Å²) in [5.74, 6) is 1.05. The van der Waals surface area contributed by atoms with Crippen LogP contribution in [0.2, 0.25) is 0 Å². The second-order valence-corrected chi connectivity index (χ2v) is 7.85. The van der Waals surface area contributed by atoms with Crippen molar-refractivity contribution in [2.45, 2.75) is 44.3 Å². The lowest BCUT2D eigenvalue weighted by Crippen LogP contribution is -2.51. The van der Waals surface area contributed by atoms with Crippen LogP contribution < -0.4 is 4.74 Å². The lowest BCUT2D eigenvalue weighted by atomic mass is 9.85. The van der Waals surface area contributed by atoms with Gasteiger partial charge in [-0.3, -0.25) is 9.69 Å². The number of carbonyl (C=O) groups is 1. The fraction of sp³-hybridized carbons (Fsp3) is 0.435. The van der Waals surface area contributed by atoms with Crippen LogP contribution in [0.25, 0.3) is 0 Å². The molecule has 2 aromatic carbocycles. The minimum absolute atomic E-state index is 0.148. The number of carbonyl (C=O) groups excluding carboxylic acids is 1. The van der Waals surface area contributed by atoms with Gasteiger partial charge in [-0.05, 0) is 54.8 Å². The average molecular weight is 382 g/mol. The zero-order valence-electron chi connectivity index (χ0n) is 16.5. The highest BCUT2D eigenvalue weighted by Gasteiger charge is 2.47. The number of piperidine rings is 1. The molecule has 3 atom stereocenters. The first-order valence-corrected chi connectivity index (χ1v) is 9.96. The van der Waals surface area contributed by atoms with Gasteiger partial charge in [0.05, 0.1) is 7.11 Å². The Bertz CT molecular complexity index is 822. The number of ether oxygens (including phenoxy) is 1. The molecule has 28 heavy (non-hydrogen) atoms. The molecule has 4 rings (SSSR count). The van der Waals surface area contributed by atoms with Crippen molar-refractivity contribution in [3.05, 3.63) is 65.5 Å². The fourth-order valence-electron chi connectivity index (χ4n) is 4.91. The summed E-state index contributed by atoms with van der Waals surface area (Å²) in [4.78, 5) is 16.9. The second-order valence-electron chi connectivity index (χ2n) is 7.85. The number of hydrogen-bond donors (Lipinski definition) is 0. The number of halogens is 1. The fourth-order valence-corrected chi connectivity index (χ4v) is 4.91. The van der Waals surface area contributed by atoms with Gasteiger partial charge < -0.3 is 9.64 Å². The summed E-state index contributed by atoms with van der Waals surface area (Å²) < 4.78 is 18.6. The number of benzene rings is 2. The monoisotopic (exact) mass is 382 g/mol. The third-order valence-electron chi connectivity index (χ3n) is 6.21. The molecule has 0 aromatic heterocycles. The van der Waals surface area contributed by atoms with E-state index in [-0.39, 0.29) is 29.7 Å². The van der Waals surface area contributed by atoms with E-state index in [1.165, 1.54) is 17.7 Å². The molecule has 4 nitrogen and oxygen atoms in total. The minimum atomic E-state index is -0.208. The molecule has 2 fully saturated rings. The molecule has 2 aliphatic rings. The third kappa shape index (κ3) is 3.63. The van der Waals surface area contributed by atoms with Crippen molar-refractivity contribution >= 4 is 5.91 Å². The summed E-state index contributed by atoms with van der Waals surface area (Å²) in [6.45, 7) is 4.19. The highest BCUT2D eigenvalue weighted by Crippen LogP contribution is 2.41. The SMILES string of the molecule is COc1ccc([C@H]2CN(C(C)=O)[C@@H]3CCCN(Cc4ccc(F)cc4)[C@H]23)cc1. The van der Waals surface area contributed by atoms with E-state index in [2.05, 4.69) is 21.9 Å². The van der Waals surface area contributed by atoms with E-state index in [9.17, 15) is 9.18 Å². The average Bonchev–Trinajstić information content (AvgIpc) is 3.11. The van der Waals surface area contributed by atoms with Crippen LogP contribution in [-0.2, 0) is 11.3 Å². The van der Waals surface area contributed by atoms with Gasteiger partial charge in [0.1, 0.15) is 11.6 Å². The molecule has 5 heteroatoms. The van der Waals surface area contributed by atoms with E-state index in [1.807, 2.05) is 24.3 Å². The van der Waals surface area contributed by atoms with Gasteiger partial charge in [0, 0.05) is 38.0 Å². The molecule has 148 valence electrons. The van der Waals surface area contributed by atoms with Crippen molar-refractivity contribution in [3.63, 3.8) is 0 Å². The van der Waals surface area contributed by atoms with E-state index < -0.39 is 0 Å². The van der Waals surface area contributed by atoms with E-state index >= 15 is 0 Å². The van der Waals surface area contributed by atoms with Gasteiger partial charge in [0.15, 0.2) is 0 Å². The molecule has 0 N–H and O–H groups in total. The maximum atomic E-state index is 13.3. The first-order valence-electron chi connectivity index (χ1n) is 9.96. The molecule has 2 aromatic rings. The van der Waals surface area contributed by atoms with Crippen molar-refractivity contribution in [3.8, 4) is 5.75 Å². The summed E-state index contributed by atoms with van der Waals surface area (Å²) in [5.41, 5.74) is 2.35. The van der Waals surface area contributed by atoms with Gasteiger partial charge >= 0.3 is 0 Å². The van der Waals surface area contributed by atoms with E-state index in [1.54, 1.807) is 14.0 Å². The lowest BCUT2D eigenvalue weighted by molar-refractivity contribution is -0.130. The van der Waals surface area contributed by atoms with Crippen LogP contribution in [0, 0.1) is 5.82 Å². The zero-order chi connectivity index (χ0) is 19.7. The smallest absolute Gasteiger partial charge is 0.219 e. The zero-order valence-corrected chi connectivity index (χ0v) is 16.5. The minimum Gasteiger partial charge on any atom is -0.497 e. The number of nitrogens with zero attached hydrogens (tertiary/aromatic N) is 2. The van der Waals surface area contributed by atoms with E-state index in [0.717, 1.165) is 43.8 Å². The molecule has 1 amide bonds. The maximum Gasteiger partial charge on any atom is 0.219 e. The lowest BCUT2D eigenvalue weighted by Gasteiger charge is -2.41. The van der Waals surface area contributed by atoms with Crippen molar-refractivity contribution in [1.82, 2.24) is 9.80 Å². The topological polar surface area (TPSA) is 32.8 Å². The standard InChI is InChI=1S/C23H27FN2O2/c1-16(27)26-15-21(18-7-11-20(28-2)12-8-18)23-22(26)4-3-13-25(23)14-17-5-9-19(24)10-6-17/h5-12,21-23H,3-4,13-15H2,1-2H3/t21-,22-,23-/m1/s1. The van der Waals surface area contributed by atoms with Gasteiger partial charge in [-0.25, -0.2) is 4.39 Å². The van der Waals surface area contributed by atoms with Crippen molar-refractivity contribution in [1.29, 1.82) is 0 Å². The highest BCUT2D eigenvalue weighted by molar-refractivity contribution is 5.74. The molecule has 2 heterocycles. The Balaban J connectivity index is 1.64. The summed E-state index contributed by atoms with van der Waals surface area (Å²) in [7, 11) is 1.67. The Hall–Kier alpha value is -2.40. The molecule has 0 bridgehead atoms. The Labute approximate surface area is 165 Å². The van der Waals surface area contributed by atoms with Gasteiger partial charge in [-0.1, -0.05) is 24.3 Å². The molecule has 0 radical (unpaired) electrons. The van der Waals surface area contributed by atoms with Crippen LogP contribution in [0.15, 0.2) is 48.5 Å². The molecule has 0 aliphatic carbocycles. The van der Waals surface area contributed by atoms with Crippen LogP contribution in [0.3, 0.4) is 0 Å². The van der Waals surface area contributed by atoms with Crippen molar-refractivity contribution < 1.29 is 13.9 Å². The van der Waals surface area contributed by atoms with Crippen molar-refractivity contribution in [2.75, 3.05) is 20.2 Å². The third-order valence-corrected chi connectivity index (χ3v) is 6.21. The molecule has 2 aliphatic heterocycles. The number of fused-ring (bicyclic) bond motifs is 1. The number of rotatable bonds is 4. The number of methoxy groups -OCH3 is 1. The second kappa shape index (κ2) is 7.92. The summed E-state index contributed by atoms with van der Waals surface area (Å²) in [5, 5.41) is 0. The predicted octanol–water partition coefficient (Wildman–Crippen LogP) is 3.81. The predicted molar refractivity (Wildman–Crippen MR) is 107 cm³/mol. The normalized spacial score (nSPS) is 24.8. The van der Waals surface area contributed by atoms with E-state index in [4.69, 9.17) is 4.74 Å². The van der Waals surface area contributed by atoms with Gasteiger partial charge in [-0.2, -0.15) is 0 Å². The van der Waals surface area contributed by atoms with Gasteiger partial charge in [0.25, 0.3) is 0 Å². The Kier molecular flexibility index (Phi) is 5.36. The summed E-state index contributed by atoms with van der Waals surface area (Å²) in [6.07, 6.45) is 2.11. The first kappa shape index (κ1) is 18.9. The van der Waals surface area contributed by atoms with Gasteiger partial charge in [0.2, 0.25) is 5.91 Å². The molecule has 0 spiro atoms. The van der Waals surface area contributed by atoms with Gasteiger partial charge in [-0.15, -0.1) is 0 Å². The van der Waals surface area contributed by atoms with Crippen LogP contribution in [0.4, 0.5) is 4.39 Å². The Morgan fingerprint density at radius 2 is 1.86 bits per heavy atom. The van der Waals surface area contributed by atoms with Crippen molar-refractivity contribution in [2.24, 2.45) is 0 Å².